The zero-order chi connectivity index (χ0) is 19.3. The van der Waals surface area contributed by atoms with Crippen molar-refractivity contribution in [1.82, 2.24) is 35.4 Å². The smallest absolute Gasteiger partial charge is 0.205 e. The first kappa shape index (κ1) is 18.1. The van der Waals surface area contributed by atoms with Crippen molar-refractivity contribution in [3.8, 4) is 22.5 Å². The number of hydrogen-bond acceptors (Lipinski definition) is 6. The number of H-pyrrole nitrogens is 1. The van der Waals surface area contributed by atoms with Crippen LogP contribution in [0.25, 0.3) is 22.5 Å². The summed E-state index contributed by atoms with van der Waals surface area (Å²) < 4.78 is 1.93. The number of thiocarbonyl (C=S) groups is 1. The van der Waals surface area contributed by atoms with E-state index in [4.69, 9.17) is 12.2 Å². The van der Waals surface area contributed by atoms with E-state index >= 15 is 0 Å². The molecule has 0 spiro atoms. The summed E-state index contributed by atoms with van der Waals surface area (Å²) in [6.07, 6.45) is 1.90. The number of nitrogens with one attached hydrogen (secondary N) is 1. The van der Waals surface area contributed by atoms with Crippen LogP contribution in [0.15, 0.2) is 48.5 Å². The zero-order valence-corrected chi connectivity index (χ0v) is 16.2. The Balaban J connectivity index is 1.61. The normalized spacial score (nSPS) is 10.9. The minimum absolute atomic E-state index is 0.583. The van der Waals surface area contributed by atoms with E-state index in [1.807, 2.05) is 22.9 Å². The van der Waals surface area contributed by atoms with Crippen LogP contribution in [0, 0.1) is 0 Å². The highest BCUT2D eigenvalue weighted by atomic mass is 32.1. The van der Waals surface area contributed by atoms with Crippen molar-refractivity contribution < 1.29 is 0 Å². The van der Waals surface area contributed by atoms with E-state index in [2.05, 4.69) is 68.0 Å². The Labute approximate surface area is 167 Å². The van der Waals surface area contributed by atoms with Crippen LogP contribution < -0.4 is 0 Å². The molecule has 2 aromatic heterocycles. The van der Waals surface area contributed by atoms with Crippen LogP contribution in [0.2, 0.25) is 0 Å². The average molecular weight is 389 g/mol. The largest absolute Gasteiger partial charge is 0.245 e. The minimum Gasteiger partial charge on any atom is -0.245 e. The molecule has 0 bridgehead atoms. The molecule has 140 valence electrons. The molecule has 0 fully saturated rings. The van der Waals surface area contributed by atoms with Crippen molar-refractivity contribution in [3.63, 3.8) is 0 Å². The number of aromatic amines is 1. The van der Waals surface area contributed by atoms with Gasteiger partial charge in [-0.2, -0.15) is 10.3 Å². The van der Waals surface area contributed by atoms with E-state index in [0.29, 0.717) is 18.2 Å². The van der Waals surface area contributed by atoms with Crippen molar-refractivity contribution in [2.45, 2.75) is 26.3 Å². The molecule has 0 aliphatic rings. The number of hydrogen-bond donors (Lipinski definition) is 1. The fourth-order valence-corrected chi connectivity index (χ4v) is 3.25. The molecule has 2 heterocycles. The van der Waals surface area contributed by atoms with Crippen LogP contribution in [-0.4, -0.2) is 40.8 Å². The van der Waals surface area contributed by atoms with E-state index in [1.165, 1.54) is 5.37 Å². The third-order valence-corrected chi connectivity index (χ3v) is 4.67. The first-order valence-corrected chi connectivity index (χ1v) is 9.56. The molecule has 0 saturated heterocycles. The van der Waals surface area contributed by atoms with Crippen molar-refractivity contribution >= 4 is 17.6 Å². The van der Waals surface area contributed by atoms with Crippen molar-refractivity contribution in [3.05, 3.63) is 65.7 Å². The van der Waals surface area contributed by atoms with Crippen LogP contribution in [0.4, 0.5) is 0 Å². The average Bonchev–Trinajstić information content (AvgIpc) is 3.39. The lowest BCUT2D eigenvalue weighted by Gasteiger charge is -2.09. The summed E-state index contributed by atoms with van der Waals surface area (Å²) in [5.41, 5.74) is 4.25. The standard InChI is InChI=1S/C20H19N7S/c1-2-5-19-21-18(13-28)24-27(19)12-14-8-10-15(11-9-14)16-6-3-4-7-17(16)20-22-25-26-23-20/h3-4,6-11,13H,2,5,12H2,1H3,(H,22,23,25,26). The van der Waals surface area contributed by atoms with E-state index in [1.54, 1.807) is 0 Å². The van der Waals surface area contributed by atoms with Gasteiger partial charge in [-0.15, -0.1) is 10.2 Å². The predicted molar refractivity (Wildman–Crippen MR) is 111 cm³/mol. The van der Waals surface area contributed by atoms with Gasteiger partial charge in [0.1, 0.15) is 5.82 Å². The molecule has 7 nitrogen and oxygen atoms in total. The Bertz CT molecular complexity index is 1070. The second-order valence-electron chi connectivity index (χ2n) is 6.39. The molecule has 8 heteroatoms. The van der Waals surface area contributed by atoms with Gasteiger partial charge >= 0.3 is 0 Å². The molecule has 0 amide bonds. The first-order chi connectivity index (χ1) is 13.8. The fourth-order valence-electron chi connectivity index (χ4n) is 3.15. The zero-order valence-electron chi connectivity index (χ0n) is 15.4. The molecule has 1 N–H and O–H groups in total. The second-order valence-corrected chi connectivity index (χ2v) is 6.63. The fraction of sp³-hybridized carbons (Fsp3) is 0.200. The van der Waals surface area contributed by atoms with Crippen LogP contribution in [0.3, 0.4) is 0 Å². The van der Waals surface area contributed by atoms with Crippen LogP contribution >= 0.6 is 12.2 Å². The molecule has 0 unspecified atom stereocenters. The molecule has 0 aliphatic carbocycles. The predicted octanol–water partition coefficient (Wildman–Crippen LogP) is 3.47. The molecular formula is C20H19N7S. The molecule has 2 aromatic carbocycles. The summed E-state index contributed by atoms with van der Waals surface area (Å²) in [4.78, 5) is 4.49. The van der Waals surface area contributed by atoms with Gasteiger partial charge in [0, 0.05) is 17.4 Å². The van der Waals surface area contributed by atoms with Crippen molar-refractivity contribution in [1.29, 1.82) is 0 Å². The summed E-state index contributed by atoms with van der Waals surface area (Å²) in [5, 5.41) is 20.4. The Hall–Kier alpha value is -3.26. The minimum atomic E-state index is 0.583. The highest BCUT2D eigenvalue weighted by molar-refractivity contribution is 7.79. The third-order valence-electron chi connectivity index (χ3n) is 4.45. The molecule has 28 heavy (non-hydrogen) atoms. The Morgan fingerprint density at radius 2 is 1.86 bits per heavy atom. The molecular weight excluding hydrogens is 370 g/mol. The first-order valence-electron chi connectivity index (χ1n) is 9.09. The Morgan fingerprint density at radius 3 is 2.54 bits per heavy atom. The maximum absolute atomic E-state index is 4.98. The van der Waals surface area contributed by atoms with E-state index < -0.39 is 0 Å². The van der Waals surface area contributed by atoms with E-state index in [-0.39, 0.29) is 0 Å². The topological polar surface area (TPSA) is 85.2 Å². The van der Waals surface area contributed by atoms with Crippen LogP contribution in [0.1, 0.15) is 30.6 Å². The van der Waals surface area contributed by atoms with Gasteiger partial charge in [-0.1, -0.05) is 67.7 Å². The molecule has 0 aliphatic heterocycles. The summed E-state index contributed by atoms with van der Waals surface area (Å²) in [6, 6.07) is 16.4. The number of aryl methyl sites for hydroxylation is 1. The lowest BCUT2D eigenvalue weighted by Crippen LogP contribution is -2.07. The number of nitrogens with zero attached hydrogens (tertiary/aromatic N) is 6. The molecule has 0 saturated carbocycles. The number of rotatable bonds is 7. The van der Waals surface area contributed by atoms with Crippen molar-refractivity contribution in [2.24, 2.45) is 0 Å². The highest BCUT2D eigenvalue weighted by Crippen LogP contribution is 2.29. The third kappa shape index (κ3) is 3.72. The summed E-state index contributed by atoms with van der Waals surface area (Å²) >= 11 is 4.98. The summed E-state index contributed by atoms with van der Waals surface area (Å²) in [6.45, 7) is 2.80. The Kier molecular flexibility index (Phi) is 5.29. The second kappa shape index (κ2) is 8.18. The number of benzene rings is 2. The van der Waals surface area contributed by atoms with Gasteiger partial charge < -0.3 is 0 Å². The molecule has 0 radical (unpaired) electrons. The van der Waals surface area contributed by atoms with Gasteiger partial charge in [-0.3, -0.25) is 0 Å². The lowest BCUT2D eigenvalue weighted by atomic mass is 9.98. The van der Waals surface area contributed by atoms with Crippen LogP contribution in [0.5, 0.6) is 0 Å². The van der Waals surface area contributed by atoms with E-state index in [9.17, 15) is 0 Å². The van der Waals surface area contributed by atoms with Gasteiger partial charge in [-0.05, 0) is 28.3 Å². The highest BCUT2D eigenvalue weighted by Gasteiger charge is 2.11. The van der Waals surface area contributed by atoms with E-state index in [0.717, 1.165) is 40.9 Å². The SMILES string of the molecule is CCCc1nc(C=S)nn1Cc1ccc(-c2ccccc2-c2nn[nH]n2)cc1. The monoisotopic (exact) mass is 389 g/mol. The van der Waals surface area contributed by atoms with Gasteiger partial charge in [0.05, 0.1) is 6.54 Å². The maximum atomic E-state index is 4.98. The van der Waals surface area contributed by atoms with Gasteiger partial charge in [0.15, 0.2) is 5.82 Å². The summed E-state index contributed by atoms with van der Waals surface area (Å²) in [5.74, 6) is 2.15. The molecule has 0 atom stereocenters. The lowest BCUT2D eigenvalue weighted by molar-refractivity contribution is 0.629. The number of tetrazole rings is 1. The van der Waals surface area contributed by atoms with Crippen molar-refractivity contribution in [2.75, 3.05) is 0 Å². The maximum Gasteiger partial charge on any atom is 0.205 e. The molecule has 4 aromatic rings. The molecule has 4 rings (SSSR count). The van der Waals surface area contributed by atoms with Crippen LogP contribution in [-0.2, 0) is 13.0 Å². The summed E-state index contributed by atoms with van der Waals surface area (Å²) in [7, 11) is 0. The van der Waals surface area contributed by atoms with Gasteiger partial charge in [0.25, 0.3) is 0 Å². The number of aromatic nitrogens is 7. The van der Waals surface area contributed by atoms with Gasteiger partial charge in [-0.25, -0.2) is 9.67 Å². The Morgan fingerprint density at radius 1 is 1.07 bits per heavy atom. The quantitative estimate of drug-likeness (QED) is 0.487. The van der Waals surface area contributed by atoms with Gasteiger partial charge in [0.2, 0.25) is 5.82 Å².